The predicted octanol–water partition coefficient (Wildman–Crippen LogP) is 0.161. The summed E-state index contributed by atoms with van der Waals surface area (Å²) in [6.07, 6.45) is 0. The molecule has 6 N–H and O–H groups in total. The predicted molar refractivity (Wildman–Crippen MR) is 47.9 cm³/mol. The van der Waals surface area contributed by atoms with E-state index in [1.807, 2.05) is 0 Å². The van der Waals surface area contributed by atoms with Gasteiger partial charge in [-0.25, -0.2) is 5.84 Å². The Morgan fingerprint density at radius 1 is 1.27 bits per heavy atom. The summed E-state index contributed by atoms with van der Waals surface area (Å²) in [6.45, 7) is 0. The van der Waals surface area contributed by atoms with Crippen molar-refractivity contribution in [1.82, 2.24) is 0 Å². The maximum Gasteiger partial charge on any atom is 0.0763 e. The third-order valence-corrected chi connectivity index (χ3v) is 1.43. The Morgan fingerprint density at radius 2 is 1.91 bits per heavy atom. The van der Waals surface area contributed by atoms with Crippen LogP contribution in [-0.2, 0) is 0 Å². The van der Waals surface area contributed by atoms with E-state index in [4.69, 9.17) is 17.3 Å². The van der Waals surface area contributed by atoms with Gasteiger partial charge in [-0.1, -0.05) is 0 Å². The molecule has 0 radical (unpaired) electrons. The van der Waals surface area contributed by atoms with E-state index in [9.17, 15) is 0 Å². The average Bonchev–Trinajstić information content (AvgIpc) is 1.94. The van der Waals surface area contributed by atoms with Gasteiger partial charge >= 0.3 is 0 Å². The molecule has 0 spiro atoms. The Kier molecular flexibility index (Phi) is 1.87. The molecule has 0 fully saturated rings. The highest BCUT2D eigenvalue weighted by atomic mass is 15.4. The molecule has 0 aromatic heterocycles. The Hall–Kier alpha value is -1.42. The fourth-order valence-electron chi connectivity index (χ4n) is 0.866. The number of hydrogen-bond acceptors (Lipinski definition) is 4. The summed E-state index contributed by atoms with van der Waals surface area (Å²) in [5.74, 6) is 5.48. The molecule has 0 aliphatic carbocycles. The normalized spacial score (nSPS) is 9.64. The highest BCUT2D eigenvalue weighted by Gasteiger charge is 2.00. The Bertz CT molecular complexity index is 257. The van der Waals surface area contributed by atoms with Crippen molar-refractivity contribution in [3.05, 3.63) is 18.2 Å². The number of benzene rings is 1. The van der Waals surface area contributed by atoms with Crippen LogP contribution in [0.1, 0.15) is 0 Å². The fraction of sp³-hybridized carbons (Fsp3) is 0.143. The quantitative estimate of drug-likeness (QED) is 0.304. The summed E-state index contributed by atoms with van der Waals surface area (Å²) in [5, 5.41) is 1.44. The first-order valence-corrected chi connectivity index (χ1v) is 3.24. The van der Waals surface area contributed by atoms with Crippen LogP contribution in [-0.4, -0.2) is 7.05 Å². The van der Waals surface area contributed by atoms with Crippen LogP contribution in [0.2, 0.25) is 0 Å². The van der Waals surface area contributed by atoms with Gasteiger partial charge in [0, 0.05) is 12.7 Å². The molecule has 0 bridgehead atoms. The average molecular weight is 152 g/mol. The highest BCUT2D eigenvalue weighted by molar-refractivity contribution is 5.71. The van der Waals surface area contributed by atoms with E-state index in [-0.39, 0.29) is 0 Å². The number of hydrogen-bond donors (Lipinski definition) is 3. The smallest absolute Gasteiger partial charge is 0.0763 e. The minimum absolute atomic E-state index is 0.629. The van der Waals surface area contributed by atoms with Crippen molar-refractivity contribution in [3.63, 3.8) is 0 Å². The third-order valence-electron chi connectivity index (χ3n) is 1.43. The molecule has 1 aromatic carbocycles. The van der Waals surface area contributed by atoms with Crippen LogP contribution in [0, 0.1) is 0 Å². The summed E-state index contributed by atoms with van der Waals surface area (Å²) < 4.78 is 0. The van der Waals surface area contributed by atoms with Gasteiger partial charge in [-0.15, -0.1) is 0 Å². The maximum atomic E-state index is 5.61. The fourth-order valence-corrected chi connectivity index (χ4v) is 0.866. The lowest BCUT2D eigenvalue weighted by molar-refractivity contribution is 1.02. The van der Waals surface area contributed by atoms with Crippen LogP contribution in [0.25, 0.3) is 0 Å². The lowest BCUT2D eigenvalue weighted by Gasteiger charge is -2.14. The molecule has 1 aromatic rings. The van der Waals surface area contributed by atoms with E-state index in [2.05, 4.69) is 0 Å². The first-order chi connectivity index (χ1) is 5.11. The van der Waals surface area contributed by atoms with Crippen molar-refractivity contribution in [1.29, 1.82) is 0 Å². The molecule has 0 atom stereocenters. The van der Waals surface area contributed by atoms with Gasteiger partial charge in [0.15, 0.2) is 0 Å². The number of hydrazine groups is 1. The van der Waals surface area contributed by atoms with E-state index >= 15 is 0 Å². The van der Waals surface area contributed by atoms with E-state index in [0.717, 1.165) is 5.69 Å². The SMILES string of the molecule is CN(N)c1cc(N)ccc1N. The molecule has 0 aliphatic heterocycles. The lowest BCUT2D eigenvalue weighted by atomic mass is 10.2. The van der Waals surface area contributed by atoms with Crippen LogP contribution in [0.3, 0.4) is 0 Å². The minimum Gasteiger partial charge on any atom is -0.399 e. The summed E-state index contributed by atoms with van der Waals surface area (Å²) in [4.78, 5) is 0. The van der Waals surface area contributed by atoms with Gasteiger partial charge in [-0.05, 0) is 18.2 Å². The number of rotatable bonds is 1. The van der Waals surface area contributed by atoms with Crippen LogP contribution in [0.5, 0.6) is 0 Å². The van der Waals surface area contributed by atoms with Crippen LogP contribution < -0.4 is 22.3 Å². The zero-order valence-electron chi connectivity index (χ0n) is 6.41. The molecule has 0 amide bonds. The van der Waals surface area contributed by atoms with Gasteiger partial charge in [0.2, 0.25) is 0 Å². The summed E-state index contributed by atoms with van der Waals surface area (Å²) in [7, 11) is 1.71. The zero-order chi connectivity index (χ0) is 8.43. The second-order valence-electron chi connectivity index (χ2n) is 2.43. The summed E-state index contributed by atoms with van der Waals surface area (Å²) >= 11 is 0. The Balaban J connectivity index is 3.13. The molecule has 4 heteroatoms. The van der Waals surface area contributed by atoms with Crippen molar-refractivity contribution in [2.45, 2.75) is 0 Å². The topological polar surface area (TPSA) is 81.3 Å². The van der Waals surface area contributed by atoms with E-state index in [0.29, 0.717) is 11.4 Å². The lowest BCUT2D eigenvalue weighted by Crippen LogP contribution is -2.26. The second-order valence-corrected chi connectivity index (χ2v) is 2.43. The molecule has 0 saturated heterocycles. The van der Waals surface area contributed by atoms with Gasteiger partial charge in [0.25, 0.3) is 0 Å². The monoisotopic (exact) mass is 152 g/mol. The van der Waals surface area contributed by atoms with Crippen LogP contribution in [0.4, 0.5) is 17.1 Å². The second kappa shape index (κ2) is 2.67. The van der Waals surface area contributed by atoms with Crippen molar-refractivity contribution >= 4 is 17.1 Å². The summed E-state index contributed by atoms with van der Waals surface area (Å²) in [5.41, 5.74) is 13.2. The molecule has 0 heterocycles. The molecule has 4 nitrogen and oxygen atoms in total. The van der Waals surface area contributed by atoms with Gasteiger partial charge in [0.1, 0.15) is 0 Å². The van der Waals surface area contributed by atoms with E-state index in [1.54, 1.807) is 25.2 Å². The zero-order valence-corrected chi connectivity index (χ0v) is 6.41. The first-order valence-electron chi connectivity index (χ1n) is 3.24. The van der Waals surface area contributed by atoms with Crippen LogP contribution in [0.15, 0.2) is 18.2 Å². The molecule has 11 heavy (non-hydrogen) atoms. The standard InChI is InChI=1S/C7H12N4/c1-11(10)7-4-5(8)2-3-6(7)9/h2-4H,8-10H2,1H3. The van der Waals surface area contributed by atoms with Crippen molar-refractivity contribution in [2.75, 3.05) is 23.5 Å². The molecule has 0 saturated carbocycles. The van der Waals surface area contributed by atoms with Gasteiger partial charge in [-0.2, -0.15) is 0 Å². The Morgan fingerprint density at radius 3 is 2.36 bits per heavy atom. The Labute approximate surface area is 65.5 Å². The van der Waals surface area contributed by atoms with E-state index in [1.165, 1.54) is 5.01 Å². The molecule has 60 valence electrons. The van der Waals surface area contributed by atoms with Gasteiger partial charge in [0.05, 0.1) is 11.4 Å². The molecule has 0 aliphatic rings. The van der Waals surface area contributed by atoms with Crippen LogP contribution >= 0.6 is 0 Å². The number of nitrogen functional groups attached to an aromatic ring is 2. The van der Waals surface area contributed by atoms with Crippen molar-refractivity contribution in [2.24, 2.45) is 5.84 Å². The van der Waals surface area contributed by atoms with Gasteiger partial charge in [-0.3, -0.25) is 0 Å². The number of nitrogens with two attached hydrogens (primary N) is 3. The molecular formula is C7H12N4. The number of anilines is 3. The minimum atomic E-state index is 0.629. The maximum absolute atomic E-state index is 5.61. The molecular weight excluding hydrogens is 140 g/mol. The summed E-state index contributed by atoms with van der Waals surface area (Å²) in [6, 6.07) is 5.20. The first kappa shape index (κ1) is 7.68. The highest BCUT2D eigenvalue weighted by Crippen LogP contribution is 2.22. The largest absolute Gasteiger partial charge is 0.399 e. The van der Waals surface area contributed by atoms with Gasteiger partial charge < -0.3 is 16.5 Å². The van der Waals surface area contributed by atoms with E-state index < -0.39 is 0 Å². The third kappa shape index (κ3) is 1.53. The molecule has 1 rings (SSSR count). The van der Waals surface area contributed by atoms with Crippen molar-refractivity contribution < 1.29 is 0 Å². The van der Waals surface area contributed by atoms with Crippen molar-refractivity contribution in [3.8, 4) is 0 Å². The number of nitrogens with zero attached hydrogens (tertiary/aromatic N) is 1. The molecule has 0 unspecified atom stereocenters.